The number of nitrogens with one attached hydrogen (secondary N) is 1. The van der Waals surface area contributed by atoms with Crippen molar-refractivity contribution >= 4 is 17.2 Å². The molecule has 5 aromatic rings. The molecule has 0 atom stereocenters. The van der Waals surface area contributed by atoms with Gasteiger partial charge in [-0.25, -0.2) is 23.0 Å². The van der Waals surface area contributed by atoms with Crippen molar-refractivity contribution in [1.82, 2.24) is 24.4 Å². The molecule has 3 N–H and O–H groups in total. The first-order valence-corrected chi connectivity index (χ1v) is 10.4. The second-order valence-corrected chi connectivity index (χ2v) is 7.76. The van der Waals surface area contributed by atoms with Gasteiger partial charge in [0.1, 0.15) is 17.5 Å². The van der Waals surface area contributed by atoms with Crippen LogP contribution in [0.25, 0.3) is 22.6 Å². The van der Waals surface area contributed by atoms with Crippen LogP contribution in [0.3, 0.4) is 0 Å². The van der Waals surface area contributed by atoms with Crippen molar-refractivity contribution in [2.75, 3.05) is 5.32 Å². The number of amides is 1. The third-order valence-electron chi connectivity index (χ3n) is 5.28. The standard InChI is InChI=1S/C24H19F2N7O/c1-14-3-2-4-23(30-14)33-20(16-5-6-32-21(9-16)19(13-29-32)24(27)34)11-22(31-33)28-12-15-7-17(25)10-18(26)8-15/h2-11,13H,12H2,1H3,(H2,27,34)(H,28,31). The van der Waals surface area contributed by atoms with E-state index in [1.807, 2.05) is 31.2 Å². The fourth-order valence-electron chi connectivity index (χ4n) is 3.73. The lowest BCUT2D eigenvalue weighted by Crippen LogP contribution is -2.10. The number of hydrogen-bond acceptors (Lipinski definition) is 5. The summed E-state index contributed by atoms with van der Waals surface area (Å²) >= 11 is 0. The molecular formula is C24H19F2N7O. The predicted octanol–water partition coefficient (Wildman–Crippen LogP) is 3.88. The van der Waals surface area contributed by atoms with Crippen molar-refractivity contribution in [2.45, 2.75) is 13.5 Å². The van der Waals surface area contributed by atoms with E-state index in [1.165, 1.54) is 18.3 Å². The summed E-state index contributed by atoms with van der Waals surface area (Å²) in [6.45, 7) is 2.04. The van der Waals surface area contributed by atoms with Gasteiger partial charge in [-0.15, -0.1) is 5.10 Å². The van der Waals surface area contributed by atoms with Gasteiger partial charge in [-0.3, -0.25) is 4.79 Å². The molecule has 0 aliphatic heterocycles. The molecule has 0 aliphatic carbocycles. The number of carbonyl (C=O) groups is 1. The van der Waals surface area contributed by atoms with Crippen molar-refractivity contribution in [1.29, 1.82) is 0 Å². The number of halogens is 2. The number of fused-ring (bicyclic) bond motifs is 1. The van der Waals surface area contributed by atoms with E-state index in [-0.39, 0.29) is 6.54 Å². The van der Waals surface area contributed by atoms with Crippen LogP contribution in [0.4, 0.5) is 14.6 Å². The molecule has 8 nitrogen and oxygen atoms in total. The minimum atomic E-state index is -0.647. The number of rotatable bonds is 6. The minimum Gasteiger partial charge on any atom is -0.365 e. The Morgan fingerprint density at radius 1 is 1.09 bits per heavy atom. The molecule has 170 valence electrons. The van der Waals surface area contributed by atoms with E-state index >= 15 is 0 Å². The zero-order valence-corrected chi connectivity index (χ0v) is 18.0. The Balaban J connectivity index is 1.58. The molecule has 4 heterocycles. The molecule has 0 saturated heterocycles. The highest BCUT2D eigenvalue weighted by Crippen LogP contribution is 2.28. The molecule has 0 aliphatic rings. The minimum absolute atomic E-state index is 0.167. The fraction of sp³-hybridized carbons (Fsp3) is 0.0833. The summed E-state index contributed by atoms with van der Waals surface area (Å²) in [5, 5.41) is 11.9. The number of carbonyl (C=O) groups excluding carboxylic acids is 1. The van der Waals surface area contributed by atoms with Crippen molar-refractivity contribution in [2.24, 2.45) is 5.73 Å². The molecule has 4 aromatic heterocycles. The van der Waals surface area contributed by atoms with Crippen LogP contribution in [0.5, 0.6) is 0 Å². The Kier molecular flexibility index (Phi) is 5.25. The number of anilines is 1. The third-order valence-corrected chi connectivity index (χ3v) is 5.28. The van der Waals surface area contributed by atoms with Crippen LogP contribution in [0.15, 0.2) is 67.0 Å². The SMILES string of the molecule is Cc1cccc(-n2nc(NCc3cc(F)cc(F)c3)cc2-c2ccn3ncc(C(N)=O)c3c2)n1. The normalized spacial score (nSPS) is 11.1. The van der Waals surface area contributed by atoms with Crippen LogP contribution < -0.4 is 11.1 Å². The molecule has 0 spiro atoms. The monoisotopic (exact) mass is 459 g/mol. The fourth-order valence-corrected chi connectivity index (χ4v) is 3.73. The number of nitrogens with zero attached hydrogens (tertiary/aromatic N) is 5. The molecule has 34 heavy (non-hydrogen) atoms. The van der Waals surface area contributed by atoms with Crippen molar-refractivity contribution < 1.29 is 13.6 Å². The van der Waals surface area contributed by atoms with E-state index in [0.717, 1.165) is 17.3 Å². The van der Waals surface area contributed by atoms with E-state index in [4.69, 9.17) is 5.73 Å². The third kappa shape index (κ3) is 4.08. The predicted molar refractivity (Wildman–Crippen MR) is 122 cm³/mol. The van der Waals surface area contributed by atoms with Gasteiger partial charge in [-0.1, -0.05) is 6.07 Å². The number of pyridine rings is 2. The van der Waals surface area contributed by atoms with E-state index in [9.17, 15) is 13.6 Å². The number of aryl methyl sites for hydroxylation is 1. The Hall–Kier alpha value is -4.60. The quantitative estimate of drug-likeness (QED) is 0.401. The number of hydrogen-bond donors (Lipinski definition) is 2. The summed E-state index contributed by atoms with van der Waals surface area (Å²) in [6, 6.07) is 14.3. The van der Waals surface area contributed by atoms with Gasteiger partial charge in [0.15, 0.2) is 5.82 Å². The Morgan fingerprint density at radius 3 is 2.62 bits per heavy atom. The molecule has 0 saturated carbocycles. The zero-order chi connectivity index (χ0) is 23.8. The van der Waals surface area contributed by atoms with Crippen molar-refractivity contribution in [3.8, 4) is 17.1 Å². The first-order chi connectivity index (χ1) is 16.4. The van der Waals surface area contributed by atoms with Gasteiger partial charge in [0, 0.05) is 36.1 Å². The lowest BCUT2D eigenvalue weighted by molar-refractivity contribution is 0.100. The maximum absolute atomic E-state index is 13.6. The summed E-state index contributed by atoms with van der Waals surface area (Å²) < 4.78 is 30.3. The maximum Gasteiger partial charge on any atom is 0.252 e. The highest BCUT2D eigenvalue weighted by molar-refractivity contribution is 6.00. The number of nitrogens with two attached hydrogens (primary N) is 1. The summed E-state index contributed by atoms with van der Waals surface area (Å²) in [4.78, 5) is 16.4. The number of primary amides is 1. The highest BCUT2D eigenvalue weighted by Gasteiger charge is 2.16. The molecule has 0 bridgehead atoms. The lowest BCUT2D eigenvalue weighted by atomic mass is 10.1. The van der Waals surface area contributed by atoms with Gasteiger partial charge in [0.25, 0.3) is 5.91 Å². The van der Waals surface area contributed by atoms with Crippen LogP contribution in [-0.2, 0) is 6.54 Å². The molecule has 0 radical (unpaired) electrons. The maximum atomic E-state index is 13.6. The molecule has 1 aromatic carbocycles. The first kappa shape index (κ1) is 21.3. The van der Waals surface area contributed by atoms with Crippen LogP contribution >= 0.6 is 0 Å². The van der Waals surface area contributed by atoms with E-state index in [2.05, 4.69) is 20.5 Å². The van der Waals surface area contributed by atoms with Crippen LogP contribution in [0.1, 0.15) is 21.6 Å². The Morgan fingerprint density at radius 2 is 1.88 bits per heavy atom. The first-order valence-electron chi connectivity index (χ1n) is 10.4. The molecular weight excluding hydrogens is 440 g/mol. The average Bonchev–Trinajstić information content (AvgIpc) is 3.41. The average molecular weight is 459 g/mol. The largest absolute Gasteiger partial charge is 0.365 e. The van der Waals surface area contributed by atoms with E-state index < -0.39 is 17.5 Å². The topological polar surface area (TPSA) is 103 Å². The van der Waals surface area contributed by atoms with Gasteiger partial charge in [-0.2, -0.15) is 5.10 Å². The molecule has 1 amide bonds. The Labute approximate surface area is 192 Å². The summed E-state index contributed by atoms with van der Waals surface area (Å²) in [7, 11) is 0. The van der Waals surface area contributed by atoms with E-state index in [1.54, 1.807) is 27.5 Å². The lowest BCUT2D eigenvalue weighted by Gasteiger charge is -2.08. The van der Waals surface area contributed by atoms with Gasteiger partial charge < -0.3 is 11.1 Å². The van der Waals surface area contributed by atoms with Gasteiger partial charge in [0.05, 0.1) is 23.0 Å². The second kappa shape index (κ2) is 8.39. The molecule has 0 fully saturated rings. The highest BCUT2D eigenvalue weighted by atomic mass is 19.1. The summed E-state index contributed by atoms with van der Waals surface area (Å²) in [6.07, 6.45) is 3.15. The van der Waals surface area contributed by atoms with Crippen LogP contribution in [-0.4, -0.2) is 30.3 Å². The van der Waals surface area contributed by atoms with Crippen molar-refractivity contribution in [3.63, 3.8) is 0 Å². The molecule has 10 heteroatoms. The number of aromatic nitrogens is 5. The van der Waals surface area contributed by atoms with Crippen LogP contribution in [0, 0.1) is 18.6 Å². The van der Waals surface area contributed by atoms with Gasteiger partial charge in [0.2, 0.25) is 0 Å². The smallest absolute Gasteiger partial charge is 0.252 e. The molecule has 5 rings (SSSR count). The summed E-state index contributed by atoms with van der Waals surface area (Å²) in [5.74, 6) is -0.807. The van der Waals surface area contributed by atoms with Crippen LogP contribution in [0.2, 0.25) is 0 Å². The van der Waals surface area contributed by atoms with Gasteiger partial charge in [-0.05, 0) is 48.9 Å². The zero-order valence-electron chi connectivity index (χ0n) is 18.0. The van der Waals surface area contributed by atoms with E-state index in [0.29, 0.717) is 34.0 Å². The van der Waals surface area contributed by atoms with Crippen molar-refractivity contribution in [3.05, 3.63) is 95.4 Å². The Bertz CT molecular complexity index is 1520. The molecule has 0 unspecified atom stereocenters. The summed E-state index contributed by atoms with van der Waals surface area (Å²) in [5.41, 5.74) is 9.02. The second-order valence-electron chi connectivity index (χ2n) is 7.76. The number of benzene rings is 1. The van der Waals surface area contributed by atoms with Gasteiger partial charge >= 0.3 is 0 Å².